The van der Waals surface area contributed by atoms with E-state index in [2.05, 4.69) is 36.9 Å². The second-order valence-electron chi connectivity index (χ2n) is 10.3. The van der Waals surface area contributed by atoms with E-state index < -0.39 is 0 Å². The molecule has 0 N–H and O–H groups in total. The van der Waals surface area contributed by atoms with E-state index in [1.54, 1.807) is 0 Å². The zero-order valence-electron chi connectivity index (χ0n) is 21.9. The second kappa shape index (κ2) is 13.0. The lowest BCUT2D eigenvalue weighted by Gasteiger charge is -2.33. The predicted molar refractivity (Wildman–Crippen MR) is 144 cm³/mol. The number of aryl methyl sites for hydroxylation is 1. The lowest BCUT2D eigenvalue weighted by atomic mass is 9.98. The molecule has 194 valence electrons. The minimum atomic E-state index is 0.0205. The molecule has 0 bridgehead atoms. The van der Waals surface area contributed by atoms with Crippen LogP contribution in [0.4, 0.5) is 5.69 Å². The van der Waals surface area contributed by atoms with Crippen LogP contribution >= 0.6 is 0 Å². The molecule has 2 aliphatic heterocycles. The van der Waals surface area contributed by atoms with Crippen LogP contribution in [-0.4, -0.2) is 67.0 Å². The molecule has 0 spiro atoms. The van der Waals surface area contributed by atoms with Gasteiger partial charge in [0, 0.05) is 70.0 Å². The number of rotatable bonds is 5. The van der Waals surface area contributed by atoms with Gasteiger partial charge in [-0.3, -0.25) is 14.5 Å². The molecule has 2 aliphatic rings. The van der Waals surface area contributed by atoms with Crippen molar-refractivity contribution in [2.24, 2.45) is 5.92 Å². The van der Waals surface area contributed by atoms with E-state index in [1.165, 1.54) is 5.56 Å². The van der Waals surface area contributed by atoms with Crippen molar-refractivity contribution in [2.75, 3.05) is 44.3 Å². The van der Waals surface area contributed by atoms with Crippen molar-refractivity contribution < 1.29 is 14.3 Å². The van der Waals surface area contributed by atoms with Crippen molar-refractivity contribution in [2.45, 2.75) is 58.5 Å². The number of fused-ring (bicyclic) bond motifs is 1. The van der Waals surface area contributed by atoms with Gasteiger partial charge >= 0.3 is 0 Å². The molecule has 4 rings (SSSR count). The van der Waals surface area contributed by atoms with Crippen molar-refractivity contribution in [1.82, 2.24) is 9.80 Å². The van der Waals surface area contributed by atoms with Crippen LogP contribution < -0.4 is 4.90 Å². The summed E-state index contributed by atoms with van der Waals surface area (Å²) in [4.78, 5) is 33.7. The number of carbonyl (C=O) groups is 2. The first-order valence-corrected chi connectivity index (χ1v) is 13.6. The van der Waals surface area contributed by atoms with Gasteiger partial charge in [0.15, 0.2) is 0 Å². The third-order valence-electron chi connectivity index (χ3n) is 7.51. The Morgan fingerprint density at radius 2 is 1.64 bits per heavy atom. The highest BCUT2D eigenvalue weighted by atomic mass is 16.5. The zero-order chi connectivity index (χ0) is 25.3. The Labute approximate surface area is 216 Å². The second-order valence-corrected chi connectivity index (χ2v) is 10.3. The van der Waals surface area contributed by atoms with Crippen LogP contribution in [0.1, 0.15) is 50.7 Å². The number of amides is 2. The van der Waals surface area contributed by atoms with E-state index in [0.29, 0.717) is 45.3 Å². The third kappa shape index (κ3) is 6.95. The van der Waals surface area contributed by atoms with Gasteiger partial charge in [-0.1, -0.05) is 48.5 Å². The molecular formula is C30H41N3O3. The minimum Gasteiger partial charge on any atom is -0.381 e. The Kier molecular flexibility index (Phi) is 9.54. The molecular weight excluding hydrogens is 450 g/mol. The Morgan fingerprint density at radius 1 is 0.917 bits per heavy atom. The average molecular weight is 492 g/mol. The Bertz CT molecular complexity index is 988. The number of hydrogen-bond acceptors (Lipinski definition) is 4. The van der Waals surface area contributed by atoms with Crippen LogP contribution in [0.3, 0.4) is 0 Å². The first-order valence-electron chi connectivity index (χ1n) is 13.6. The summed E-state index contributed by atoms with van der Waals surface area (Å²) in [5, 5.41) is 0. The number of hydrogen-bond donors (Lipinski definition) is 0. The Balaban J connectivity index is 1.59. The van der Waals surface area contributed by atoms with Gasteiger partial charge in [-0.15, -0.1) is 0 Å². The van der Waals surface area contributed by atoms with Crippen molar-refractivity contribution in [3.63, 3.8) is 0 Å². The molecule has 2 heterocycles. The highest BCUT2D eigenvalue weighted by Gasteiger charge is 2.29. The molecule has 6 nitrogen and oxygen atoms in total. The van der Waals surface area contributed by atoms with Crippen LogP contribution in [-0.2, 0) is 27.3 Å². The molecule has 0 unspecified atom stereocenters. The normalized spacial score (nSPS) is 18.5. The summed E-state index contributed by atoms with van der Waals surface area (Å²) in [5.74, 6) is 0.383. The molecule has 2 amide bonds. The van der Waals surface area contributed by atoms with E-state index in [0.717, 1.165) is 50.0 Å². The number of anilines is 1. The standard InChI is InChI=1S/C30H41N3O3/c1-24(2)31-17-8-18-33(29(34)14-13-25-9-4-3-5-10-25)28-12-7-6-11-27(28)23-32(20-19-31)30(35)26-15-21-36-22-16-26/h3-7,9-12,24,26H,8,13-23H2,1-2H3. The molecule has 36 heavy (non-hydrogen) atoms. The van der Waals surface area contributed by atoms with E-state index in [4.69, 9.17) is 4.74 Å². The quantitative estimate of drug-likeness (QED) is 0.617. The smallest absolute Gasteiger partial charge is 0.227 e. The monoisotopic (exact) mass is 491 g/mol. The topological polar surface area (TPSA) is 53.1 Å². The minimum absolute atomic E-state index is 0.0205. The summed E-state index contributed by atoms with van der Waals surface area (Å²) < 4.78 is 5.51. The summed E-state index contributed by atoms with van der Waals surface area (Å²) in [6.45, 7) is 9.39. The molecule has 0 saturated carbocycles. The van der Waals surface area contributed by atoms with Crippen molar-refractivity contribution >= 4 is 17.5 Å². The maximum Gasteiger partial charge on any atom is 0.227 e. The molecule has 2 aromatic carbocycles. The molecule has 0 radical (unpaired) electrons. The van der Waals surface area contributed by atoms with Gasteiger partial charge in [0.05, 0.1) is 0 Å². The summed E-state index contributed by atoms with van der Waals surface area (Å²) in [5.41, 5.74) is 3.17. The number of para-hydroxylation sites is 1. The van der Waals surface area contributed by atoms with E-state index in [-0.39, 0.29) is 17.7 Å². The Hall–Kier alpha value is -2.70. The van der Waals surface area contributed by atoms with Crippen molar-refractivity contribution in [3.8, 4) is 0 Å². The first kappa shape index (κ1) is 26.4. The lowest BCUT2D eigenvalue weighted by molar-refractivity contribution is -0.139. The molecule has 1 saturated heterocycles. The van der Waals surface area contributed by atoms with Crippen LogP contribution in [0.5, 0.6) is 0 Å². The predicted octanol–water partition coefficient (Wildman–Crippen LogP) is 4.52. The number of benzene rings is 2. The summed E-state index contributed by atoms with van der Waals surface area (Å²) in [6.07, 6.45) is 3.67. The molecule has 6 heteroatoms. The van der Waals surface area contributed by atoms with Crippen LogP contribution in [0.25, 0.3) is 0 Å². The first-order chi connectivity index (χ1) is 17.5. The van der Waals surface area contributed by atoms with Gasteiger partial charge in [-0.05, 0) is 56.7 Å². The van der Waals surface area contributed by atoms with Gasteiger partial charge in [-0.2, -0.15) is 0 Å². The maximum absolute atomic E-state index is 13.6. The lowest BCUT2D eigenvalue weighted by Crippen LogP contribution is -2.44. The van der Waals surface area contributed by atoms with Crippen LogP contribution in [0, 0.1) is 5.92 Å². The average Bonchev–Trinajstić information content (AvgIpc) is 2.95. The highest BCUT2D eigenvalue weighted by molar-refractivity contribution is 5.94. The molecule has 0 atom stereocenters. The number of nitrogens with zero attached hydrogens (tertiary/aromatic N) is 3. The molecule has 0 aromatic heterocycles. The van der Waals surface area contributed by atoms with Crippen molar-refractivity contribution in [1.29, 1.82) is 0 Å². The fourth-order valence-electron chi connectivity index (χ4n) is 5.30. The molecule has 2 aromatic rings. The number of carbonyl (C=O) groups excluding carboxylic acids is 2. The maximum atomic E-state index is 13.6. The highest BCUT2D eigenvalue weighted by Crippen LogP contribution is 2.26. The van der Waals surface area contributed by atoms with E-state index in [9.17, 15) is 9.59 Å². The van der Waals surface area contributed by atoms with Gasteiger partial charge < -0.3 is 14.5 Å². The molecule has 1 fully saturated rings. The van der Waals surface area contributed by atoms with Gasteiger partial charge in [0.2, 0.25) is 11.8 Å². The molecule has 0 aliphatic carbocycles. The third-order valence-corrected chi connectivity index (χ3v) is 7.51. The SMILES string of the molecule is CC(C)N1CCCN(C(=O)CCc2ccccc2)c2ccccc2CN(C(=O)C2CCOCC2)CC1. The van der Waals surface area contributed by atoms with Gasteiger partial charge in [-0.25, -0.2) is 0 Å². The summed E-state index contributed by atoms with van der Waals surface area (Å²) in [7, 11) is 0. The van der Waals surface area contributed by atoms with Crippen LogP contribution in [0.15, 0.2) is 54.6 Å². The van der Waals surface area contributed by atoms with Crippen molar-refractivity contribution in [3.05, 3.63) is 65.7 Å². The summed E-state index contributed by atoms with van der Waals surface area (Å²) in [6, 6.07) is 18.7. The Morgan fingerprint density at radius 3 is 2.39 bits per heavy atom. The van der Waals surface area contributed by atoms with E-state index >= 15 is 0 Å². The van der Waals surface area contributed by atoms with Crippen LogP contribution in [0.2, 0.25) is 0 Å². The van der Waals surface area contributed by atoms with Gasteiger partial charge in [0.1, 0.15) is 0 Å². The number of ether oxygens (including phenoxy) is 1. The van der Waals surface area contributed by atoms with E-state index in [1.807, 2.05) is 46.2 Å². The summed E-state index contributed by atoms with van der Waals surface area (Å²) >= 11 is 0. The fraction of sp³-hybridized carbons (Fsp3) is 0.533. The van der Waals surface area contributed by atoms with Gasteiger partial charge in [0.25, 0.3) is 0 Å². The largest absolute Gasteiger partial charge is 0.381 e. The fourth-order valence-corrected chi connectivity index (χ4v) is 5.30. The zero-order valence-corrected chi connectivity index (χ0v) is 21.9.